The van der Waals surface area contributed by atoms with Gasteiger partial charge >= 0.3 is 6.03 Å². The maximum atomic E-state index is 13.2. The fourth-order valence-electron chi connectivity index (χ4n) is 2.17. The first kappa shape index (κ1) is 17.5. The lowest BCUT2D eigenvalue weighted by molar-refractivity contribution is 0.0956. The number of anilines is 1. The lowest BCUT2D eigenvalue weighted by Gasteiger charge is -2.18. The van der Waals surface area contributed by atoms with E-state index in [9.17, 15) is 14.0 Å². The molecule has 0 saturated heterocycles. The molecule has 0 radical (unpaired) electrons. The van der Waals surface area contributed by atoms with Crippen LogP contribution in [0.2, 0.25) is 0 Å². The third-order valence-corrected chi connectivity index (χ3v) is 3.39. The van der Waals surface area contributed by atoms with Crippen molar-refractivity contribution in [3.05, 3.63) is 65.5 Å². The monoisotopic (exact) mass is 329 g/mol. The van der Waals surface area contributed by atoms with Gasteiger partial charge in [-0.2, -0.15) is 0 Å². The SMILES string of the molecule is CCNC(=O)c1ccc(NC(=O)N(C)Cc2cccc(F)c2)cc1. The minimum atomic E-state index is -0.331. The Morgan fingerprint density at radius 1 is 1.12 bits per heavy atom. The summed E-state index contributed by atoms with van der Waals surface area (Å²) in [5.41, 5.74) is 1.82. The summed E-state index contributed by atoms with van der Waals surface area (Å²) in [6.07, 6.45) is 0. The van der Waals surface area contributed by atoms with Gasteiger partial charge in [0, 0.05) is 31.4 Å². The molecular weight excluding hydrogens is 309 g/mol. The molecule has 0 aliphatic carbocycles. The molecule has 6 heteroatoms. The first-order valence-corrected chi connectivity index (χ1v) is 7.64. The summed E-state index contributed by atoms with van der Waals surface area (Å²) in [4.78, 5) is 25.3. The van der Waals surface area contributed by atoms with Gasteiger partial charge in [0.2, 0.25) is 0 Å². The number of carbonyl (C=O) groups is 2. The van der Waals surface area contributed by atoms with Gasteiger partial charge in [0.05, 0.1) is 0 Å². The Hall–Kier alpha value is -2.89. The predicted octanol–water partition coefficient (Wildman–Crippen LogP) is 3.24. The fourth-order valence-corrected chi connectivity index (χ4v) is 2.17. The first-order chi connectivity index (χ1) is 11.5. The Morgan fingerprint density at radius 3 is 2.46 bits per heavy atom. The standard InChI is InChI=1S/C18H20FN3O2/c1-3-20-17(23)14-7-9-16(10-8-14)21-18(24)22(2)12-13-5-4-6-15(19)11-13/h4-11H,3,12H2,1-2H3,(H,20,23)(H,21,24). The van der Waals surface area contributed by atoms with E-state index in [0.29, 0.717) is 29.9 Å². The van der Waals surface area contributed by atoms with Crippen LogP contribution in [0, 0.1) is 5.82 Å². The van der Waals surface area contributed by atoms with Crippen LogP contribution in [0.4, 0.5) is 14.9 Å². The molecule has 0 aliphatic rings. The smallest absolute Gasteiger partial charge is 0.321 e. The van der Waals surface area contributed by atoms with Gasteiger partial charge in [0.15, 0.2) is 0 Å². The quantitative estimate of drug-likeness (QED) is 0.884. The Labute approximate surface area is 140 Å². The molecule has 0 atom stereocenters. The van der Waals surface area contributed by atoms with Crippen molar-refractivity contribution in [3.63, 3.8) is 0 Å². The minimum Gasteiger partial charge on any atom is -0.352 e. The number of amides is 3. The van der Waals surface area contributed by atoms with Crippen molar-refractivity contribution >= 4 is 17.6 Å². The van der Waals surface area contributed by atoms with E-state index in [2.05, 4.69) is 10.6 Å². The van der Waals surface area contributed by atoms with Gasteiger partial charge in [-0.15, -0.1) is 0 Å². The van der Waals surface area contributed by atoms with Crippen LogP contribution in [0.25, 0.3) is 0 Å². The first-order valence-electron chi connectivity index (χ1n) is 7.64. The number of carbonyl (C=O) groups excluding carboxylic acids is 2. The van der Waals surface area contributed by atoms with E-state index in [-0.39, 0.29) is 17.8 Å². The van der Waals surface area contributed by atoms with Crippen LogP contribution < -0.4 is 10.6 Å². The number of halogens is 1. The molecule has 0 aromatic heterocycles. The Morgan fingerprint density at radius 2 is 1.83 bits per heavy atom. The summed E-state index contributed by atoms with van der Waals surface area (Å²) >= 11 is 0. The highest BCUT2D eigenvalue weighted by molar-refractivity contribution is 5.95. The molecular formula is C18H20FN3O2. The molecule has 24 heavy (non-hydrogen) atoms. The number of urea groups is 1. The molecule has 0 aliphatic heterocycles. The normalized spacial score (nSPS) is 10.1. The van der Waals surface area contributed by atoms with Crippen LogP contribution in [-0.4, -0.2) is 30.4 Å². The largest absolute Gasteiger partial charge is 0.352 e. The highest BCUT2D eigenvalue weighted by Crippen LogP contribution is 2.12. The van der Waals surface area contributed by atoms with Crippen LogP contribution in [0.5, 0.6) is 0 Å². The summed E-state index contributed by atoms with van der Waals surface area (Å²) in [5.74, 6) is -0.485. The zero-order valence-corrected chi connectivity index (χ0v) is 13.7. The van der Waals surface area contributed by atoms with Crippen molar-refractivity contribution in [1.29, 1.82) is 0 Å². The number of rotatable bonds is 5. The average molecular weight is 329 g/mol. The van der Waals surface area contributed by atoms with Gasteiger partial charge in [-0.05, 0) is 48.9 Å². The zero-order chi connectivity index (χ0) is 17.5. The van der Waals surface area contributed by atoms with Crippen molar-refractivity contribution in [2.45, 2.75) is 13.5 Å². The van der Waals surface area contributed by atoms with Crippen LogP contribution in [-0.2, 0) is 6.54 Å². The molecule has 5 nitrogen and oxygen atoms in total. The van der Waals surface area contributed by atoms with Gasteiger partial charge in [-0.3, -0.25) is 4.79 Å². The minimum absolute atomic E-state index is 0.154. The van der Waals surface area contributed by atoms with Crippen LogP contribution in [0.3, 0.4) is 0 Å². The second-order valence-corrected chi connectivity index (χ2v) is 5.35. The second-order valence-electron chi connectivity index (χ2n) is 5.35. The highest BCUT2D eigenvalue weighted by Gasteiger charge is 2.10. The molecule has 0 fully saturated rings. The van der Waals surface area contributed by atoms with Crippen molar-refractivity contribution in [2.75, 3.05) is 18.9 Å². The van der Waals surface area contributed by atoms with E-state index in [1.165, 1.54) is 17.0 Å². The van der Waals surface area contributed by atoms with Crippen molar-refractivity contribution in [2.24, 2.45) is 0 Å². The lowest BCUT2D eigenvalue weighted by Crippen LogP contribution is -2.30. The van der Waals surface area contributed by atoms with Crippen molar-refractivity contribution in [1.82, 2.24) is 10.2 Å². The number of nitrogens with one attached hydrogen (secondary N) is 2. The van der Waals surface area contributed by atoms with Crippen molar-refractivity contribution < 1.29 is 14.0 Å². The lowest BCUT2D eigenvalue weighted by atomic mass is 10.2. The third kappa shape index (κ3) is 4.81. The molecule has 0 spiro atoms. The van der Waals surface area contributed by atoms with E-state index in [1.54, 1.807) is 43.4 Å². The number of nitrogens with zero attached hydrogens (tertiary/aromatic N) is 1. The van der Waals surface area contributed by atoms with E-state index in [0.717, 1.165) is 0 Å². The van der Waals surface area contributed by atoms with E-state index in [4.69, 9.17) is 0 Å². The summed E-state index contributed by atoms with van der Waals surface area (Å²) in [5, 5.41) is 5.44. The topological polar surface area (TPSA) is 61.4 Å². The average Bonchev–Trinajstić information content (AvgIpc) is 2.55. The maximum absolute atomic E-state index is 13.2. The summed E-state index contributed by atoms with van der Waals surface area (Å²) in [6.45, 7) is 2.70. The van der Waals surface area contributed by atoms with E-state index >= 15 is 0 Å². The molecule has 2 aromatic rings. The van der Waals surface area contributed by atoms with E-state index in [1.807, 2.05) is 6.92 Å². The summed E-state index contributed by atoms with van der Waals surface area (Å²) in [6, 6.07) is 12.4. The Bertz CT molecular complexity index is 716. The second kappa shape index (κ2) is 8.10. The highest BCUT2D eigenvalue weighted by atomic mass is 19.1. The Kier molecular flexibility index (Phi) is 5.89. The molecule has 2 N–H and O–H groups in total. The molecule has 0 unspecified atom stereocenters. The summed E-state index contributed by atoms with van der Waals surface area (Å²) in [7, 11) is 1.63. The molecule has 0 bridgehead atoms. The zero-order valence-electron chi connectivity index (χ0n) is 13.7. The van der Waals surface area contributed by atoms with Crippen LogP contribution in [0.1, 0.15) is 22.8 Å². The van der Waals surface area contributed by atoms with Crippen LogP contribution in [0.15, 0.2) is 48.5 Å². The van der Waals surface area contributed by atoms with Crippen LogP contribution >= 0.6 is 0 Å². The van der Waals surface area contributed by atoms with Gasteiger partial charge in [0.25, 0.3) is 5.91 Å². The molecule has 3 amide bonds. The third-order valence-electron chi connectivity index (χ3n) is 3.39. The van der Waals surface area contributed by atoms with Gasteiger partial charge < -0.3 is 15.5 Å². The predicted molar refractivity (Wildman–Crippen MR) is 91.3 cm³/mol. The fraction of sp³-hybridized carbons (Fsp3) is 0.222. The summed E-state index contributed by atoms with van der Waals surface area (Å²) < 4.78 is 13.2. The molecule has 2 aromatic carbocycles. The van der Waals surface area contributed by atoms with Gasteiger partial charge in [-0.1, -0.05) is 12.1 Å². The molecule has 0 saturated carbocycles. The molecule has 126 valence electrons. The molecule has 0 heterocycles. The van der Waals surface area contributed by atoms with E-state index < -0.39 is 0 Å². The number of benzene rings is 2. The van der Waals surface area contributed by atoms with Gasteiger partial charge in [0.1, 0.15) is 5.82 Å². The Balaban J connectivity index is 1.94. The van der Waals surface area contributed by atoms with Crippen molar-refractivity contribution in [3.8, 4) is 0 Å². The maximum Gasteiger partial charge on any atom is 0.321 e. The van der Waals surface area contributed by atoms with Gasteiger partial charge in [-0.25, -0.2) is 9.18 Å². The number of hydrogen-bond acceptors (Lipinski definition) is 2. The number of hydrogen-bond donors (Lipinski definition) is 2. The molecule has 2 rings (SSSR count).